The minimum Gasteiger partial charge on any atom is -0.303 e. The smallest absolute Gasteiger partial charge is 0.137 e. The standard InChI is InChI=1S/C14H27NO/c1-3-15(4-2)12-11-14(16)13-9-7-5-6-8-10-13/h13H,3-12H2,1-2H3. The molecule has 0 radical (unpaired) electrons. The molecule has 16 heavy (non-hydrogen) atoms. The predicted octanol–water partition coefficient (Wildman–Crippen LogP) is 3.26. The van der Waals surface area contributed by atoms with Crippen molar-refractivity contribution in [2.75, 3.05) is 19.6 Å². The number of rotatable bonds is 6. The van der Waals surface area contributed by atoms with Crippen LogP contribution in [0.5, 0.6) is 0 Å². The van der Waals surface area contributed by atoms with Crippen molar-refractivity contribution in [3.63, 3.8) is 0 Å². The van der Waals surface area contributed by atoms with Crippen LogP contribution in [-0.4, -0.2) is 30.3 Å². The van der Waals surface area contributed by atoms with Crippen molar-refractivity contribution < 1.29 is 4.79 Å². The zero-order chi connectivity index (χ0) is 11.8. The first-order valence-corrected chi connectivity index (χ1v) is 7.03. The van der Waals surface area contributed by atoms with Gasteiger partial charge < -0.3 is 4.90 Å². The van der Waals surface area contributed by atoms with Gasteiger partial charge in [0.2, 0.25) is 0 Å². The third-order valence-electron chi connectivity index (χ3n) is 3.88. The molecule has 0 aliphatic heterocycles. The third kappa shape index (κ3) is 4.65. The average molecular weight is 225 g/mol. The lowest BCUT2D eigenvalue weighted by molar-refractivity contribution is -0.123. The number of Topliss-reactive ketones (excluding diaryl/α,β-unsaturated/α-hetero) is 1. The molecule has 1 saturated carbocycles. The van der Waals surface area contributed by atoms with E-state index in [9.17, 15) is 4.79 Å². The maximum Gasteiger partial charge on any atom is 0.137 e. The highest BCUT2D eigenvalue weighted by Gasteiger charge is 2.19. The van der Waals surface area contributed by atoms with Gasteiger partial charge in [-0.3, -0.25) is 4.79 Å². The van der Waals surface area contributed by atoms with Crippen LogP contribution in [0, 0.1) is 5.92 Å². The lowest BCUT2D eigenvalue weighted by Gasteiger charge is -2.19. The Bertz CT molecular complexity index is 191. The van der Waals surface area contributed by atoms with Gasteiger partial charge in [0.15, 0.2) is 0 Å². The van der Waals surface area contributed by atoms with Crippen molar-refractivity contribution in [3.05, 3.63) is 0 Å². The first-order valence-electron chi connectivity index (χ1n) is 7.03. The second-order valence-corrected chi connectivity index (χ2v) is 4.93. The normalized spacial score (nSPS) is 18.7. The van der Waals surface area contributed by atoms with E-state index in [0.717, 1.165) is 38.9 Å². The van der Waals surface area contributed by atoms with Gasteiger partial charge in [0, 0.05) is 18.9 Å². The molecule has 0 amide bonds. The van der Waals surface area contributed by atoms with Crippen LogP contribution in [-0.2, 0) is 4.79 Å². The molecule has 0 atom stereocenters. The molecular weight excluding hydrogens is 198 g/mol. The van der Waals surface area contributed by atoms with Crippen molar-refractivity contribution in [1.82, 2.24) is 4.90 Å². The molecule has 0 heterocycles. The lowest BCUT2D eigenvalue weighted by atomic mass is 9.93. The number of ketones is 1. The predicted molar refractivity (Wildman–Crippen MR) is 68.6 cm³/mol. The Balaban J connectivity index is 2.27. The topological polar surface area (TPSA) is 20.3 Å². The number of nitrogens with zero attached hydrogens (tertiary/aromatic N) is 1. The molecule has 0 spiro atoms. The molecule has 0 aromatic rings. The van der Waals surface area contributed by atoms with Crippen LogP contribution in [0.3, 0.4) is 0 Å². The summed E-state index contributed by atoms with van der Waals surface area (Å²) in [6, 6.07) is 0. The minimum atomic E-state index is 0.387. The van der Waals surface area contributed by atoms with Crippen molar-refractivity contribution in [1.29, 1.82) is 0 Å². The Morgan fingerprint density at radius 3 is 2.12 bits per heavy atom. The van der Waals surface area contributed by atoms with Crippen molar-refractivity contribution in [2.24, 2.45) is 5.92 Å². The number of carbonyl (C=O) groups is 1. The van der Waals surface area contributed by atoms with Crippen LogP contribution < -0.4 is 0 Å². The maximum absolute atomic E-state index is 12.1. The van der Waals surface area contributed by atoms with Gasteiger partial charge in [0.05, 0.1) is 0 Å². The zero-order valence-corrected chi connectivity index (χ0v) is 11.0. The van der Waals surface area contributed by atoms with E-state index in [2.05, 4.69) is 18.7 Å². The van der Waals surface area contributed by atoms with E-state index >= 15 is 0 Å². The van der Waals surface area contributed by atoms with E-state index in [1.807, 2.05) is 0 Å². The summed E-state index contributed by atoms with van der Waals surface area (Å²) in [5, 5.41) is 0. The number of carbonyl (C=O) groups excluding carboxylic acids is 1. The summed E-state index contributed by atoms with van der Waals surface area (Å²) in [6.07, 6.45) is 8.27. The molecule has 0 bridgehead atoms. The summed E-state index contributed by atoms with van der Waals surface area (Å²) >= 11 is 0. The molecule has 94 valence electrons. The Kier molecular flexibility index (Phi) is 6.70. The highest BCUT2D eigenvalue weighted by molar-refractivity contribution is 5.81. The van der Waals surface area contributed by atoms with Gasteiger partial charge in [-0.05, 0) is 25.9 Å². The van der Waals surface area contributed by atoms with Gasteiger partial charge in [-0.2, -0.15) is 0 Å². The molecule has 0 aromatic carbocycles. The zero-order valence-electron chi connectivity index (χ0n) is 11.0. The molecule has 0 aromatic heterocycles. The average Bonchev–Trinajstić information content (AvgIpc) is 2.58. The first-order chi connectivity index (χ1) is 7.77. The van der Waals surface area contributed by atoms with Crippen LogP contribution >= 0.6 is 0 Å². The molecular formula is C14H27NO. The van der Waals surface area contributed by atoms with Crippen LogP contribution in [0.4, 0.5) is 0 Å². The fourth-order valence-electron chi connectivity index (χ4n) is 2.61. The van der Waals surface area contributed by atoms with Gasteiger partial charge >= 0.3 is 0 Å². The molecule has 2 heteroatoms. The minimum absolute atomic E-state index is 0.387. The quantitative estimate of drug-likeness (QED) is 0.647. The monoisotopic (exact) mass is 225 g/mol. The largest absolute Gasteiger partial charge is 0.303 e. The summed E-state index contributed by atoms with van der Waals surface area (Å²) in [5.41, 5.74) is 0. The Morgan fingerprint density at radius 2 is 1.62 bits per heavy atom. The highest BCUT2D eigenvalue weighted by atomic mass is 16.1. The van der Waals surface area contributed by atoms with E-state index in [1.165, 1.54) is 25.7 Å². The second-order valence-electron chi connectivity index (χ2n) is 4.93. The summed E-state index contributed by atoms with van der Waals surface area (Å²) in [7, 11) is 0. The lowest BCUT2D eigenvalue weighted by Crippen LogP contribution is -2.27. The van der Waals surface area contributed by atoms with Gasteiger partial charge in [0.25, 0.3) is 0 Å². The number of hydrogen-bond acceptors (Lipinski definition) is 2. The molecule has 1 rings (SSSR count). The first kappa shape index (κ1) is 13.7. The van der Waals surface area contributed by atoms with E-state index in [1.54, 1.807) is 0 Å². The van der Waals surface area contributed by atoms with Crippen molar-refractivity contribution in [2.45, 2.75) is 58.8 Å². The molecule has 1 aliphatic rings. The van der Waals surface area contributed by atoms with Gasteiger partial charge in [-0.1, -0.05) is 39.5 Å². The maximum atomic E-state index is 12.1. The molecule has 0 saturated heterocycles. The Hall–Kier alpha value is -0.370. The fraction of sp³-hybridized carbons (Fsp3) is 0.929. The summed E-state index contributed by atoms with van der Waals surface area (Å²) in [4.78, 5) is 14.4. The van der Waals surface area contributed by atoms with E-state index in [4.69, 9.17) is 0 Å². The Labute approximate surface area is 100 Å². The summed E-state index contributed by atoms with van der Waals surface area (Å²) in [6.45, 7) is 7.42. The second kappa shape index (κ2) is 7.83. The van der Waals surface area contributed by atoms with Crippen molar-refractivity contribution >= 4 is 5.78 Å². The molecule has 0 unspecified atom stereocenters. The SMILES string of the molecule is CCN(CC)CCC(=O)C1CCCCCC1. The van der Waals surface area contributed by atoms with Gasteiger partial charge in [-0.15, -0.1) is 0 Å². The molecule has 1 fully saturated rings. The van der Waals surface area contributed by atoms with E-state index in [0.29, 0.717) is 11.7 Å². The highest BCUT2D eigenvalue weighted by Crippen LogP contribution is 2.24. The summed E-state index contributed by atoms with van der Waals surface area (Å²) in [5.74, 6) is 0.909. The van der Waals surface area contributed by atoms with Crippen LogP contribution in [0.15, 0.2) is 0 Å². The van der Waals surface area contributed by atoms with Crippen LogP contribution in [0.2, 0.25) is 0 Å². The molecule has 1 aliphatic carbocycles. The van der Waals surface area contributed by atoms with Gasteiger partial charge in [-0.25, -0.2) is 0 Å². The molecule has 2 nitrogen and oxygen atoms in total. The number of hydrogen-bond donors (Lipinski definition) is 0. The van der Waals surface area contributed by atoms with Crippen LogP contribution in [0.1, 0.15) is 58.8 Å². The van der Waals surface area contributed by atoms with E-state index in [-0.39, 0.29) is 0 Å². The third-order valence-corrected chi connectivity index (χ3v) is 3.88. The Morgan fingerprint density at radius 1 is 1.06 bits per heavy atom. The van der Waals surface area contributed by atoms with Gasteiger partial charge in [0.1, 0.15) is 5.78 Å². The van der Waals surface area contributed by atoms with Crippen LogP contribution in [0.25, 0.3) is 0 Å². The van der Waals surface area contributed by atoms with E-state index < -0.39 is 0 Å². The fourth-order valence-corrected chi connectivity index (χ4v) is 2.61. The van der Waals surface area contributed by atoms with Crippen molar-refractivity contribution in [3.8, 4) is 0 Å². The summed E-state index contributed by atoms with van der Waals surface area (Å²) < 4.78 is 0. The molecule has 0 N–H and O–H groups in total.